The summed E-state index contributed by atoms with van der Waals surface area (Å²) in [5, 5.41) is 0. The highest BCUT2D eigenvalue weighted by Gasteiger charge is 2.09. The number of hydrogen-bond acceptors (Lipinski definition) is 2. The minimum absolute atomic E-state index is 0.291. The summed E-state index contributed by atoms with van der Waals surface area (Å²) in [6.07, 6.45) is 0.376. The van der Waals surface area contributed by atoms with E-state index in [9.17, 15) is 9.18 Å². The van der Waals surface area contributed by atoms with E-state index in [0.29, 0.717) is 12.0 Å². The molecule has 3 heteroatoms. The highest BCUT2D eigenvalue weighted by atomic mass is 19.1. The van der Waals surface area contributed by atoms with Crippen LogP contribution >= 0.6 is 0 Å². The van der Waals surface area contributed by atoms with Gasteiger partial charge in [-0.05, 0) is 35.9 Å². The summed E-state index contributed by atoms with van der Waals surface area (Å²) in [7, 11) is 1.33. The van der Waals surface area contributed by atoms with E-state index in [1.165, 1.54) is 19.2 Å². The average Bonchev–Trinajstić information content (AvgIpc) is 2.54. The van der Waals surface area contributed by atoms with E-state index in [4.69, 9.17) is 0 Å². The molecule has 0 saturated carbocycles. The third-order valence-electron chi connectivity index (χ3n) is 3.08. The molecule has 110 valence electrons. The Morgan fingerprint density at radius 2 is 1.82 bits per heavy atom. The number of esters is 1. The summed E-state index contributed by atoms with van der Waals surface area (Å²) in [6.45, 7) is 3.73. The summed E-state index contributed by atoms with van der Waals surface area (Å²) in [6, 6.07) is 13.5. The lowest BCUT2D eigenvalue weighted by Crippen LogP contribution is -2.06. The van der Waals surface area contributed by atoms with Crippen LogP contribution in [0.5, 0.6) is 0 Å². The van der Waals surface area contributed by atoms with Crippen molar-refractivity contribution in [3.8, 4) is 11.8 Å². The molecule has 0 spiro atoms. The Bertz CT molecular complexity index is 749. The highest BCUT2D eigenvalue weighted by molar-refractivity contribution is 5.88. The topological polar surface area (TPSA) is 26.3 Å². The normalized spacial score (nSPS) is 9.55. The molecule has 0 amide bonds. The molecule has 0 N–H and O–H groups in total. The summed E-state index contributed by atoms with van der Waals surface area (Å²) in [5.74, 6) is 5.31. The number of methoxy groups -OCH3 is 1. The van der Waals surface area contributed by atoms with Gasteiger partial charge in [0.15, 0.2) is 0 Å². The Labute approximate surface area is 129 Å². The van der Waals surface area contributed by atoms with Crippen LogP contribution in [0.2, 0.25) is 0 Å². The lowest BCUT2D eigenvalue weighted by atomic mass is 10.0. The van der Waals surface area contributed by atoms with Crippen molar-refractivity contribution in [2.75, 3.05) is 7.11 Å². The largest absolute Gasteiger partial charge is 0.466 e. The second-order valence-electron chi connectivity index (χ2n) is 4.69. The van der Waals surface area contributed by atoms with Gasteiger partial charge in [0, 0.05) is 23.1 Å². The van der Waals surface area contributed by atoms with Crippen molar-refractivity contribution >= 4 is 5.97 Å². The van der Waals surface area contributed by atoms with Gasteiger partial charge in [0.05, 0.1) is 7.11 Å². The van der Waals surface area contributed by atoms with Crippen LogP contribution in [0, 0.1) is 17.7 Å². The minimum Gasteiger partial charge on any atom is -0.466 e. The lowest BCUT2D eigenvalue weighted by molar-refractivity contribution is -0.136. The van der Waals surface area contributed by atoms with Crippen molar-refractivity contribution in [1.29, 1.82) is 0 Å². The van der Waals surface area contributed by atoms with Crippen molar-refractivity contribution in [2.24, 2.45) is 0 Å². The molecule has 0 saturated heterocycles. The number of hydrogen-bond donors (Lipinski definition) is 0. The van der Waals surface area contributed by atoms with E-state index in [0.717, 1.165) is 16.7 Å². The number of carbonyl (C=O) groups is 1. The van der Waals surface area contributed by atoms with Gasteiger partial charge in [-0.15, -0.1) is 0 Å². The molecule has 0 aliphatic rings. The summed E-state index contributed by atoms with van der Waals surface area (Å²) in [4.78, 5) is 11.4. The predicted octanol–water partition coefficient (Wildman–Crippen LogP) is 3.50. The van der Waals surface area contributed by atoms with Crippen molar-refractivity contribution in [3.05, 3.63) is 83.2 Å². The molecule has 0 unspecified atom stereocenters. The molecule has 0 aliphatic carbocycles. The molecule has 0 aliphatic heterocycles. The fraction of sp³-hybridized carbons (Fsp3) is 0.105. The van der Waals surface area contributed by atoms with Crippen molar-refractivity contribution in [2.45, 2.75) is 6.42 Å². The molecule has 0 atom stereocenters. The number of halogens is 1. The second kappa shape index (κ2) is 7.24. The van der Waals surface area contributed by atoms with Crippen molar-refractivity contribution in [1.82, 2.24) is 0 Å². The highest BCUT2D eigenvalue weighted by Crippen LogP contribution is 2.13. The van der Waals surface area contributed by atoms with Crippen molar-refractivity contribution < 1.29 is 13.9 Å². The smallest absolute Gasteiger partial charge is 0.333 e. The fourth-order valence-electron chi connectivity index (χ4n) is 1.92. The molecule has 2 aromatic rings. The van der Waals surface area contributed by atoms with E-state index in [1.54, 1.807) is 12.1 Å². The summed E-state index contributed by atoms with van der Waals surface area (Å²) in [5.41, 5.74) is 2.80. The number of carbonyl (C=O) groups excluding carboxylic acids is 1. The maximum absolute atomic E-state index is 12.9. The van der Waals surface area contributed by atoms with Crippen LogP contribution in [0.15, 0.2) is 60.7 Å². The zero-order valence-corrected chi connectivity index (χ0v) is 12.2. The maximum atomic E-state index is 12.9. The van der Waals surface area contributed by atoms with Crippen LogP contribution in [0.1, 0.15) is 16.7 Å². The molecule has 0 fully saturated rings. The van der Waals surface area contributed by atoms with Gasteiger partial charge in [-0.2, -0.15) is 0 Å². The molecule has 2 nitrogen and oxygen atoms in total. The second-order valence-corrected chi connectivity index (χ2v) is 4.69. The Morgan fingerprint density at radius 3 is 2.50 bits per heavy atom. The standard InChI is InChI=1S/C19H15FO2/c1-14(19(21)22-2)13-17-6-4-3-5-16(17)10-7-15-8-11-18(20)12-9-15/h3-6,8-9,11-12H,1,13H2,2H3. The van der Waals surface area contributed by atoms with Crippen LogP contribution in [-0.4, -0.2) is 13.1 Å². The Morgan fingerprint density at radius 1 is 1.14 bits per heavy atom. The fourth-order valence-corrected chi connectivity index (χ4v) is 1.92. The molecule has 0 bridgehead atoms. The van der Waals surface area contributed by atoms with E-state index in [2.05, 4.69) is 23.2 Å². The van der Waals surface area contributed by atoms with Gasteiger partial charge < -0.3 is 4.74 Å². The van der Waals surface area contributed by atoms with E-state index < -0.39 is 5.97 Å². The van der Waals surface area contributed by atoms with Crippen LogP contribution < -0.4 is 0 Å². The first-order valence-corrected chi connectivity index (χ1v) is 6.71. The first kappa shape index (κ1) is 15.5. The predicted molar refractivity (Wildman–Crippen MR) is 83.7 cm³/mol. The SMILES string of the molecule is C=C(Cc1ccccc1C#Cc1ccc(F)cc1)C(=O)OC. The average molecular weight is 294 g/mol. The third-order valence-corrected chi connectivity index (χ3v) is 3.08. The van der Waals surface area contributed by atoms with Gasteiger partial charge in [0.2, 0.25) is 0 Å². The summed E-state index contributed by atoms with van der Waals surface area (Å²) < 4.78 is 17.5. The Hall–Kier alpha value is -2.86. The quantitative estimate of drug-likeness (QED) is 0.492. The van der Waals surface area contributed by atoms with E-state index >= 15 is 0 Å². The van der Waals surface area contributed by atoms with Crippen LogP contribution in [0.4, 0.5) is 4.39 Å². The van der Waals surface area contributed by atoms with Crippen molar-refractivity contribution in [3.63, 3.8) is 0 Å². The zero-order chi connectivity index (χ0) is 15.9. The molecule has 2 aromatic carbocycles. The molecule has 0 heterocycles. The Kier molecular flexibility index (Phi) is 5.11. The maximum Gasteiger partial charge on any atom is 0.333 e. The van der Waals surface area contributed by atoms with Gasteiger partial charge in [-0.3, -0.25) is 0 Å². The lowest BCUT2D eigenvalue weighted by Gasteiger charge is -2.06. The first-order valence-electron chi connectivity index (χ1n) is 6.71. The van der Waals surface area contributed by atoms with Crippen LogP contribution in [0.3, 0.4) is 0 Å². The minimum atomic E-state index is -0.429. The molecule has 0 aromatic heterocycles. The van der Waals surface area contributed by atoms with Gasteiger partial charge in [0.1, 0.15) is 5.82 Å². The zero-order valence-electron chi connectivity index (χ0n) is 12.2. The van der Waals surface area contributed by atoms with Crippen LogP contribution in [0.25, 0.3) is 0 Å². The van der Waals surface area contributed by atoms with Gasteiger partial charge in [0.25, 0.3) is 0 Å². The third kappa shape index (κ3) is 4.07. The molecular weight excluding hydrogens is 279 g/mol. The first-order chi connectivity index (χ1) is 10.6. The summed E-state index contributed by atoms with van der Waals surface area (Å²) >= 11 is 0. The van der Waals surface area contributed by atoms with Gasteiger partial charge in [-0.25, -0.2) is 9.18 Å². The number of ether oxygens (including phenoxy) is 1. The number of rotatable bonds is 3. The molecular formula is C19H15FO2. The van der Waals surface area contributed by atoms with E-state index in [1.807, 2.05) is 24.3 Å². The molecule has 2 rings (SSSR count). The van der Waals surface area contributed by atoms with Gasteiger partial charge in [-0.1, -0.05) is 36.6 Å². The number of benzene rings is 2. The Balaban J connectivity index is 2.24. The molecule has 22 heavy (non-hydrogen) atoms. The van der Waals surface area contributed by atoms with Gasteiger partial charge >= 0.3 is 5.97 Å². The molecule has 0 radical (unpaired) electrons. The van der Waals surface area contributed by atoms with E-state index in [-0.39, 0.29) is 5.82 Å². The van der Waals surface area contributed by atoms with Crippen LogP contribution in [-0.2, 0) is 16.0 Å². The monoisotopic (exact) mass is 294 g/mol.